The van der Waals surface area contributed by atoms with Crippen molar-refractivity contribution in [2.45, 2.75) is 19.9 Å². The second kappa shape index (κ2) is 10.1. The number of hydrogen-bond acceptors (Lipinski definition) is 3. The van der Waals surface area contributed by atoms with Crippen LogP contribution in [0.15, 0.2) is 90.7 Å². The molecule has 0 radical (unpaired) electrons. The highest BCUT2D eigenvalue weighted by molar-refractivity contribution is 5.70. The van der Waals surface area contributed by atoms with Gasteiger partial charge < -0.3 is 9.47 Å². The fourth-order valence-corrected chi connectivity index (χ4v) is 3.92. The average Bonchev–Trinajstić information content (AvgIpc) is 2.80. The number of nitrogens with zero attached hydrogens (tertiary/aromatic N) is 1. The third kappa shape index (κ3) is 5.11. The summed E-state index contributed by atoms with van der Waals surface area (Å²) in [7, 11) is 0. The third-order valence-corrected chi connectivity index (χ3v) is 5.40. The molecule has 3 nitrogen and oxygen atoms in total. The molecule has 0 aliphatic carbocycles. The van der Waals surface area contributed by atoms with E-state index in [4.69, 9.17) is 9.47 Å². The van der Waals surface area contributed by atoms with E-state index in [1.54, 1.807) is 0 Å². The van der Waals surface area contributed by atoms with Crippen LogP contribution in [-0.2, 0) is 17.7 Å². The number of hydrogen-bond donors (Lipinski definition) is 0. The van der Waals surface area contributed by atoms with E-state index in [-0.39, 0.29) is 0 Å². The first-order valence-electron chi connectivity index (χ1n) is 10.7. The van der Waals surface area contributed by atoms with Gasteiger partial charge in [-0.05, 0) is 29.7 Å². The van der Waals surface area contributed by atoms with Gasteiger partial charge in [-0.2, -0.15) is 0 Å². The Morgan fingerprint density at radius 3 is 2.37 bits per heavy atom. The van der Waals surface area contributed by atoms with Gasteiger partial charge in [0, 0.05) is 25.1 Å². The van der Waals surface area contributed by atoms with Gasteiger partial charge in [-0.25, -0.2) is 0 Å². The number of para-hydroxylation sites is 1. The van der Waals surface area contributed by atoms with Crippen molar-refractivity contribution in [2.24, 2.45) is 0 Å². The van der Waals surface area contributed by atoms with Crippen molar-refractivity contribution >= 4 is 5.57 Å². The van der Waals surface area contributed by atoms with Crippen LogP contribution in [0, 0.1) is 0 Å². The van der Waals surface area contributed by atoms with Gasteiger partial charge in [-0.3, -0.25) is 4.90 Å². The van der Waals surface area contributed by atoms with Gasteiger partial charge in [0.15, 0.2) is 0 Å². The fraction of sp³-hybridized carbons (Fsp3) is 0.259. The molecule has 0 amide bonds. The van der Waals surface area contributed by atoms with Crippen LogP contribution in [0.5, 0.6) is 5.75 Å². The Balaban J connectivity index is 1.64. The molecule has 1 fully saturated rings. The Morgan fingerprint density at radius 1 is 0.900 bits per heavy atom. The van der Waals surface area contributed by atoms with Crippen molar-refractivity contribution in [1.29, 1.82) is 0 Å². The summed E-state index contributed by atoms with van der Waals surface area (Å²) in [6, 6.07) is 29.6. The third-order valence-electron chi connectivity index (χ3n) is 5.40. The Bertz CT molecular complexity index is 966. The fourth-order valence-electron chi connectivity index (χ4n) is 3.92. The second-order valence-electron chi connectivity index (χ2n) is 7.53. The summed E-state index contributed by atoms with van der Waals surface area (Å²) >= 11 is 0. The Hall–Kier alpha value is -3.04. The van der Waals surface area contributed by atoms with Crippen molar-refractivity contribution in [3.63, 3.8) is 0 Å². The zero-order valence-corrected chi connectivity index (χ0v) is 17.6. The van der Waals surface area contributed by atoms with Gasteiger partial charge in [0.05, 0.1) is 13.2 Å². The molecule has 1 saturated heterocycles. The molecule has 0 aromatic heterocycles. The van der Waals surface area contributed by atoms with Gasteiger partial charge >= 0.3 is 0 Å². The van der Waals surface area contributed by atoms with Crippen molar-refractivity contribution in [3.8, 4) is 5.75 Å². The molecule has 1 aliphatic rings. The van der Waals surface area contributed by atoms with Crippen LogP contribution in [0.4, 0.5) is 0 Å². The van der Waals surface area contributed by atoms with Crippen LogP contribution in [0.1, 0.15) is 23.6 Å². The van der Waals surface area contributed by atoms with E-state index in [0.29, 0.717) is 13.2 Å². The molecule has 0 atom stereocenters. The van der Waals surface area contributed by atoms with Gasteiger partial charge in [0.1, 0.15) is 18.1 Å². The number of ether oxygens (including phenoxy) is 2. The predicted octanol–water partition coefficient (Wildman–Crippen LogP) is 5.57. The molecule has 30 heavy (non-hydrogen) atoms. The summed E-state index contributed by atoms with van der Waals surface area (Å²) in [6.07, 6.45) is 0.786. The van der Waals surface area contributed by atoms with E-state index in [0.717, 1.165) is 37.6 Å². The lowest BCUT2D eigenvalue weighted by atomic mass is 9.95. The molecule has 0 saturated carbocycles. The number of morpholine rings is 1. The first-order valence-corrected chi connectivity index (χ1v) is 10.7. The predicted molar refractivity (Wildman–Crippen MR) is 122 cm³/mol. The summed E-state index contributed by atoms with van der Waals surface area (Å²) in [5.74, 6) is 2.01. The van der Waals surface area contributed by atoms with Crippen molar-refractivity contribution in [2.75, 3.05) is 26.3 Å². The molecule has 3 heteroatoms. The van der Waals surface area contributed by atoms with Crippen molar-refractivity contribution in [3.05, 3.63) is 107 Å². The molecule has 1 aliphatic heterocycles. The lowest BCUT2D eigenvalue weighted by molar-refractivity contribution is 0.0906. The topological polar surface area (TPSA) is 21.7 Å². The van der Waals surface area contributed by atoms with Crippen LogP contribution < -0.4 is 4.74 Å². The van der Waals surface area contributed by atoms with E-state index >= 15 is 0 Å². The minimum absolute atomic E-state index is 0.662. The van der Waals surface area contributed by atoms with Crippen LogP contribution in [0.25, 0.3) is 5.57 Å². The molecule has 0 bridgehead atoms. The van der Waals surface area contributed by atoms with Gasteiger partial charge in [0.25, 0.3) is 0 Å². The Morgan fingerprint density at radius 2 is 1.60 bits per heavy atom. The van der Waals surface area contributed by atoms with Gasteiger partial charge in [-0.15, -0.1) is 0 Å². The highest BCUT2D eigenvalue weighted by Crippen LogP contribution is 2.30. The van der Waals surface area contributed by atoms with Crippen molar-refractivity contribution in [1.82, 2.24) is 4.90 Å². The molecule has 0 spiro atoms. The number of rotatable bonds is 7. The zero-order valence-electron chi connectivity index (χ0n) is 17.6. The quantitative estimate of drug-likeness (QED) is 0.518. The highest BCUT2D eigenvalue weighted by atomic mass is 16.5. The number of benzene rings is 3. The van der Waals surface area contributed by atoms with E-state index in [1.165, 1.54) is 22.3 Å². The van der Waals surface area contributed by atoms with E-state index < -0.39 is 0 Å². The number of allylic oxidation sites excluding steroid dienone is 1. The summed E-state index contributed by atoms with van der Waals surface area (Å²) in [5, 5.41) is 0. The molecular weight excluding hydrogens is 370 g/mol. The van der Waals surface area contributed by atoms with Gasteiger partial charge in [-0.1, -0.05) is 78.9 Å². The standard InChI is InChI=1S/C27H29NO2/c1-2-29-26-16-10-9-15-24(26)19-25(23-13-7-4-8-14-23)27-21-28(17-18-30-27)20-22-11-5-3-6-12-22/h3-16H,2,17-21H2,1H3. The summed E-state index contributed by atoms with van der Waals surface area (Å²) < 4.78 is 12.1. The Kier molecular flexibility index (Phi) is 6.83. The first kappa shape index (κ1) is 20.2. The lowest BCUT2D eigenvalue weighted by Crippen LogP contribution is -2.35. The smallest absolute Gasteiger partial charge is 0.122 e. The highest BCUT2D eigenvalue weighted by Gasteiger charge is 2.21. The Labute approximate surface area is 179 Å². The van der Waals surface area contributed by atoms with Crippen LogP contribution in [0.3, 0.4) is 0 Å². The molecule has 4 rings (SSSR count). The maximum atomic E-state index is 6.23. The normalized spacial score (nSPS) is 16.0. The minimum atomic E-state index is 0.662. The van der Waals surface area contributed by atoms with E-state index in [9.17, 15) is 0 Å². The molecule has 3 aromatic rings. The summed E-state index contributed by atoms with van der Waals surface area (Å²) in [4.78, 5) is 2.46. The minimum Gasteiger partial charge on any atom is -0.495 e. The largest absolute Gasteiger partial charge is 0.495 e. The van der Waals surface area contributed by atoms with E-state index in [1.807, 2.05) is 13.0 Å². The second-order valence-corrected chi connectivity index (χ2v) is 7.53. The van der Waals surface area contributed by atoms with Gasteiger partial charge in [0.2, 0.25) is 0 Å². The van der Waals surface area contributed by atoms with Crippen LogP contribution in [0.2, 0.25) is 0 Å². The monoisotopic (exact) mass is 399 g/mol. The average molecular weight is 400 g/mol. The molecule has 1 heterocycles. The maximum Gasteiger partial charge on any atom is 0.122 e. The lowest BCUT2D eigenvalue weighted by Gasteiger charge is -2.31. The first-order chi connectivity index (χ1) is 14.8. The van der Waals surface area contributed by atoms with Crippen LogP contribution in [-0.4, -0.2) is 31.2 Å². The summed E-state index contributed by atoms with van der Waals surface area (Å²) in [6.45, 7) is 6.09. The maximum absolute atomic E-state index is 6.23. The zero-order chi connectivity index (χ0) is 20.6. The molecule has 0 N–H and O–H groups in total. The van der Waals surface area contributed by atoms with E-state index in [2.05, 4.69) is 83.8 Å². The van der Waals surface area contributed by atoms with Crippen molar-refractivity contribution < 1.29 is 9.47 Å². The van der Waals surface area contributed by atoms with Crippen LogP contribution >= 0.6 is 0 Å². The molecule has 0 unspecified atom stereocenters. The molecular formula is C27H29NO2. The molecule has 154 valence electrons. The SMILES string of the molecule is CCOc1ccccc1CC(=C1CN(Cc2ccccc2)CCO1)c1ccccc1. The molecule has 3 aromatic carbocycles. The summed E-state index contributed by atoms with van der Waals surface area (Å²) in [5.41, 5.74) is 4.97.